The summed E-state index contributed by atoms with van der Waals surface area (Å²) in [5.41, 5.74) is 0.190. The Morgan fingerprint density at radius 3 is 2.06 bits per heavy atom. The lowest BCUT2D eigenvalue weighted by Crippen LogP contribution is -2.57. The molecular weight excluding hydrogens is 446 g/mol. The molecule has 1 aliphatic heterocycles. The second kappa shape index (κ2) is 10.5. The zero-order valence-corrected chi connectivity index (χ0v) is 19.4. The standard InChI is InChI=1S/C23H27N3O6S/c1-3-20(27)25-13-15-26(16-14-25)23(29)22(33(30,31)19-7-5-4-6-8-19)24-21(28)17-9-11-18(32-2)12-10-17/h4-12,22H,3,13-16H2,1-2H3,(H,24,28). The zero-order chi connectivity index (χ0) is 24.0. The average molecular weight is 474 g/mol. The first-order chi connectivity index (χ1) is 15.8. The summed E-state index contributed by atoms with van der Waals surface area (Å²) in [6.45, 7) is 2.75. The van der Waals surface area contributed by atoms with Crippen LogP contribution in [0.2, 0.25) is 0 Å². The molecule has 0 bridgehead atoms. The fraction of sp³-hybridized carbons (Fsp3) is 0.348. The number of methoxy groups -OCH3 is 1. The minimum absolute atomic E-state index is 0.0247. The van der Waals surface area contributed by atoms with Crippen LogP contribution in [-0.4, -0.2) is 74.6 Å². The molecule has 33 heavy (non-hydrogen) atoms. The van der Waals surface area contributed by atoms with E-state index >= 15 is 0 Å². The van der Waals surface area contributed by atoms with E-state index in [2.05, 4.69) is 5.32 Å². The molecule has 9 nitrogen and oxygen atoms in total. The van der Waals surface area contributed by atoms with Gasteiger partial charge in [0.1, 0.15) is 5.75 Å². The second-order valence-electron chi connectivity index (χ2n) is 7.50. The van der Waals surface area contributed by atoms with Crippen molar-refractivity contribution in [3.63, 3.8) is 0 Å². The topological polar surface area (TPSA) is 113 Å². The minimum atomic E-state index is -4.23. The lowest BCUT2D eigenvalue weighted by atomic mass is 10.2. The third kappa shape index (κ3) is 5.51. The van der Waals surface area contributed by atoms with Crippen LogP contribution >= 0.6 is 0 Å². The van der Waals surface area contributed by atoms with Crippen LogP contribution in [0.4, 0.5) is 0 Å². The van der Waals surface area contributed by atoms with Gasteiger partial charge in [-0.05, 0) is 36.4 Å². The Kier molecular flexibility index (Phi) is 7.70. The third-order valence-electron chi connectivity index (χ3n) is 5.47. The molecular formula is C23H27N3O6S. The van der Waals surface area contributed by atoms with Gasteiger partial charge in [0.25, 0.3) is 11.8 Å². The smallest absolute Gasteiger partial charge is 0.261 e. The zero-order valence-electron chi connectivity index (χ0n) is 18.6. The van der Waals surface area contributed by atoms with Gasteiger partial charge in [-0.15, -0.1) is 0 Å². The van der Waals surface area contributed by atoms with Crippen LogP contribution in [-0.2, 0) is 19.4 Å². The first kappa shape index (κ1) is 24.2. The molecule has 0 aliphatic carbocycles. The quantitative estimate of drug-likeness (QED) is 0.649. The lowest BCUT2D eigenvalue weighted by molar-refractivity contribution is -0.139. The molecule has 1 unspecified atom stereocenters. The van der Waals surface area contributed by atoms with Gasteiger partial charge in [-0.3, -0.25) is 14.4 Å². The third-order valence-corrected chi connectivity index (χ3v) is 7.34. The van der Waals surface area contributed by atoms with Crippen LogP contribution in [0.3, 0.4) is 0 Å². The van der Waals surface area contributed by atoms with Crippen molar-refractivity contribution in [1.29, 1.82) is 0 Å². The molecule has 176 valence electrons. The predicted octanol–water partition coefficient (Wildman–Crippen LogP) is 1.31. The summed E-state index contributed by atoms with van der Waals surface area (Å²) in [7, 11) is -2.74. The molecule has 1 aliphatic rings. The Bertz CT molecular complexity index is 1090. The van der Waals surface area contributed by atoms with E-state index in [0.717, 1.165) is 0 Å². The number of piperazine rings is 1. The van der Waals surface area contributed by atoms with Gasteiger partial charge in [-0.2, -0.15) is 0 Å². The molecule has 0 radical (unpaired) electrons. The lowest BCUT2D eigenvalue weighted by Gasteiger charge is -2.36. The maximum absolute atomic E-state index is 13.4. The summed E-state index contributed by atoms with van der Waals surface area (Å²) in [5, 5.41) is 0.609. The van der Waals surface area contributed by atoms with Gasteiger partial charge in [-0.25, -0.2) is 8.42 Å². The molecule has 1 saturated heterocycles. The Morgan fingerprint density at radius 2 is 1.52 bits per heavy atom. The maximum Gasteiger partial charge on any atom is 0.261 e. The Labute approximate surface area is 193 Å². The Balaban J connectivity index is 1.86. The minimum Gasteiger partial charge on any atom is -0.497 e. The molecule has 0 spiro atoms. The van der Waals surface area contributed by atoms with Gasteiger partial charge in [0.15, 0.2) is 0 Å². The van der Waals surface area contributed by atoms with E-state index in [4.69, 9.17) is 4.74 Å². The van der Waals surface area contributed by atoms with Crippen molar-refractivity contribution in [2.24, 2.45) is 0 Å². The van der Waals surface area contributed by atoms with Crippen LogP contribution in [0.5, 0.6) is 5.75 Å². The molecule has 0 aromatic heterocycles. The largest absolute Gasteiger partial charge is 0.497 e. The normalized spacial score (nSPS) is 15.0. The molecule has 10 heteroatoms. The number of carbonyl (C=O) groups is 3. The van der Waals surface area contributed by atoms with E-state index in [-0.39, 0.29) is 29.5 Å². The maximum atomic E-state index is 13.4. The van der Waals surface area contributed by atoms with Crippen molar-refractivity contribution < 1.29 is 27.5 Å². The van der Waals surface area contributed by atoms with E-state index in [1.807, 2.05) is 0 Å². The van der Waals surface area contributed by atoms with Gasteiger partial charge in [-0.1, -0.05) is 25.1 Å². The fourth-order valence-electron chi connectivity index (χ4n) is 3.53. The molecule has 0 saturated carbocycles. The number of benzene rings is 2. The number of nitrogens with one attached hydrogen (secondary N) is 1. The van der Waals surface area contributed by atoms with Crippen LogP contribution < -0.4 is 10.1 Å². The molecule has 2 aromatic carbocycles. The van der Waals surface area contributed by atoms with E-state index in [0.29, 0.717) is 25.3 Å². The SMILES string of the molecule is CCC(=O)N1CCN(C(=O)C(NC(=O)c2ccc(OC)cc2)S(=O)(=O)c2ccccc2)CC1. The first-order valence-corrected chi connectivity index (χ1v) is 12.1. The number of hydrogen-bond donors (Lipinski definition) is 1. The van der Waals surface area contributed by atoms with Crippen LogP contribution in [0.1, 0.15) is 23.7 Å². The molecule has 1 heterocycles. The molecule has 2 aromatic rings. The summed E-state index contributed by atoms with van der Waals surface area (Å²) >= 11 is 0. The van der Waals surface area contributed by atoms with Crippen LogP contribution in [0.15, 0.2) is 59.5 Å². The number of rotatable bonds is 7. The molecule has 1 atom stereocenters. The number of amides is 3. The van der Waals surface area contributed by atoms with Gasteiger partial charge >= 0.3 is 0 Å². The monoisotopic (exact) mass is 473 g/mol. The average Bonchev–Trinajstić information content (AvgIpc) is 2.86. The Hall–Kier alpha value is -3.40. The van der Waals surface area contributed by atoms with E-state index < -0.39 is 27.0 Å². The van der Waals surface area contributed by atoms with Crippen molar-refractivity contribution in [2.75, 3.05) is 33.3 Å². The van der Waals surface area contributed by atoms with Gasteiger partial charge in [0.05, 0.1) is 12.0 Å². The van der Waals surface area contributed by atoms with Crippen molar-refractivity contribution in [1.82, 2.24) is 15.1 Å². The molecule has 1 fully saturated rings. The highest BCUT2D eigenvalue weighted by molar-refractivity contribution is 7.92. The highest BCUT2D eigenvalue weighted by Gasteiger charge is 2.39. The number of nitrogens with zero attached hydrogens (tertiary/aromatic N) is 2. The first-order valence-electron chi connectivity index (χ1n) is 10.6. The Morgan fingerprint density at radius 1 is 0.939 bits per heavy atom. The van der Waals surface area contributed by atoms with Gasteiger partial charge in [0, 0.05) is 38.2 Å². The van der Waals surface area contributed by atoms with E-state index in [1.165, 1.54) is 36.3 Å². The van der Waals surface area contributed by atoms with E-state index in [9.17, 15) is 22.8 Å². The molecule has 3 amide bonds. The van der Waals surface area contributed by atoms with E-state index in [1.54, 1.807) is 42.2 Å². The van der Waals surface area contributed by atoms with Crippen molar-refractivity contribution >= 4 is 27.6 Å². The highest BCUT2D eigenvalue weighted by atomic mass is 32.2. The summed E-state index contributed by atoms with van der Waals surface area (Å²) in [5.74, 6) is -0.918. The van der Waals surface area contributed by atoms with Gasteiger partial charge < -0.3 is 19.9 Å². The van der Waals surface area contributed by atoms with Gasteiger partial charge in [0.2, 0.25) is 21.1 Å². The number of carbonyl (C=O) groups excluding carboxylic acids is 3. The number of ether oxygens (including phenoxy) is 1. The predicted molar refractivity (Wildman–Crippen MR) is 121 cm³/mol. The highest BCUT2D eigenvalue weighted by Crippen LogP contribution is 2.19. The number of hydrogen-bond acceptors (Lipinski definition) is 6. The van der Waals surface area contributed by atoms with Crippen molar-refractivity contribution in [3.05, 3.63) is 60.2 Å². The summed E-state index contributed by atoms with van der Waals surface area (Å²) in [6, 6.07) is 13.6. The summed E-state index contributed by atoms with van der Waals surface area (Å²) in [6.07, 6.45) is 0.358. The second-order valence-corrected chi connectivity index (χ2v) is 9.53. The van der Waals surface area contributed by atoms with Crippen molar-refractivity contribution in [2.45, 2.75) is 23.6 Å². The summed E-state index contributed by atoms with van der Waals surface area (Å²) in [4.78, 5) is 41.1. The summed E-state index contributed by atoms with van der Waals surface area (Å²) < 4.78 is 31.8. The molecule has 1 N–H and O–H groups in total. The molecule has 3 rings (SSSR count). The fourth-order valence-corrected chi connectivity index (χ4v) is 5.01. The van der Waals surface area contributed by atoms with Crippen LogP contribution in [0.25, 0.3) is 0 Å². The van der Waals surface area contributed by atoms with Crippen molar-refractivity contribution in [3.8, 4) is 5.75 Å². The van der Waals surface area contributed by atoms with Crippen LogP contribution in [0, 0.1) is 0 Å². The number of sulfone groups is 1.